The summed E-state index contributed by atoms with van der Waals surface area (Å²) in [6.07, 6.45) is 4.75. The van der Waals surface area contributed by atoms with E-state index in [1.54, 1.807) is 6.33 Å². The number of aromatic nitrogens is 3. The molecule has 8 heteroatoms. The van der Waals surface area contributed by atoms with Gasteiger partial charge in [0.1, 0.15) is 12.2 Å². The van der Waals surface area contributed by atoms with E-state index in [1.807, 2.05) is 7.11 Å². The molecule has 1 aliphatic heterocycles. The van der Waals surface area contributed by atoms with Gasteiger partial charge < -0.3 is 15.0 Å². The maximum Gasteiger partial charge on any atom is 0.194 e. The summed E-state index contributed by atoms with van der Waals surface area (Å²) >= 11 is 0. The normalized spacial score (nSPS) is 29.0. The number of aromatic amines is 1. The monoisotopic (exact) mass is 476 g/mol. The molecule has 1 saturated carbocycles. The van der Waals surface area contributed by atoms with E-state index in [1.165, 1.54) is 0 Å². The standard InChI is InChI=1S/C18H32N6O.HI/c1-6-19-16(22-14-11-18(4,25-5)17(14,2)3)24-9-7-13(8-10-24)15-20-12-21-23-15;/h12-14H,6-11H2,1-5H3,(H,19,22)(H,20,21,23);1H. The van der Waals surface area contributed by atoms with Crippen molar-refractivity contribution in [2.75, 3.05) is 26.7 Å². The van der Waals surface area contributed by atoms with Gasteiger partial charge in [-0.1, -0.05) is 13.8 Å². The lowest BCUT2D eigenvalue weighted by Gasteiger charge is -2.59. The fourth-order valence-electron chi connectivity index (χ4n) is 4.04. The van der Waals surface area contributed by atoms with E-state index in [-0.39, 0.29) is 35.0 Å². The molecular formula is C18H33IN6O. The molecule has 0 amide bonds. The first kappa shape index (κ1) is 21.4. The van der Waals surface area contributed by atoms with Gasteiger partial charge in [0.25, 0.3) is 0 Å². The predicted molar refractivity (Wildman–Crippen MR) is 114 cm³/mol. The minimum Gasteiger partial charge on any atom is -0.378 e. The van der Waals surface area contributed by atoms with Crippen LogP contribution in [0, 0.1) is 5.41 Å². The molecule has 26 heavy (non-hydrogen) atoms. The van der Waals surface area contributed by atoms with Gasteiger partial charge in [0.15, 0.2) is 5.96 Å². The first-order chi connectivity index (χ1) is 11.9. The van der Waals surface area contributed by atoms with E-state index in [0.29, 0.717) is 12.0 Å². The summed E-state index contributed by atoms with van der Waals surface area (Å²) in [5, 5.41) is 10.7. The number of halogens is 1. The zero-order valence-corrected chi connectivity index (χ0v) is 18.9. The Labute approximate surface area is 173 Å². The van der Waals surface area contributed by atoms with Crippen molar-refractivity contribution in [2.45, 2.75) is 64.5 Å². The molecule has 2 atom stereocenters. The number of H-pyrrole nitrogens is 1. The summed E-state index contributed by atoms with van der Waals surface area (Å²) in [4.78, 5) is 11.5. The van der Waals surface area contributed by atoms with E-state index in [9.17, 15) is 0 Å². The lowest BCUT2D eigenvalue weighted by Crippen LogP contribution is -2.69. The van der Waals surface area contributed by atoms with E-state index >= 15 is 0 Å². The quantitative estimate of drug-likeness (QED) is 0.397. The highest BCUT2D eigenvalue weighted by atomic mass is 127. The molecule has 0 bridgehead atoms. The average Bonchev–Trinajstić information content (AvgIpc) is 3.15. The van der Waals surface area contributed by atoms with Gasteiger partial charge in [-0.25, -0.2) is 4.98 Å². The van der Waals surface area contributed by atoms with Crippen LogP contribution in [0.15, 0.2) is 11.3 Å². The smallest absolute Gasteiger partial charge is 0.194 e. The number of guanidine groups is 1. The summed E-state index contributed by atoms with van der Waals surface area (Å²) in [5.74, 6) is 2.52. The number of piperidine rings is 1. The third-order valence-corrected chi connectivity index (χ3v) is 6.50. The Hall–Kier alpha value is -0.900. The van der Waals surface area contributed by atoms with E-state index < -0.39 is 0 Å². The Kier molecular flexibility index (Phi) is 6.92. The molecule has 3 rings (SSSR count). The van der Waals surface area contributed by atoms with E-state index in [4.69, 9.17) is 9.73 Å². The first-order valence-corrected chi connectivity index (χ1v) is 9.37. The van der Waals surface area contributed by atoms with Crippen molar-refractivity contribution in [1.82, 2.24) is 25.4 Å². The van der Waals surface area contributed by atoms with Gasteiger partial charge in [-0.05, 0) is 33.1 Å². The van der Waals surface area contributed by atoms with Crippen LogP contribution < -0.4 is 5.32 Å². The van der Waals surface area contributed by atoms with Crippen molar-refractivity contribution >= 4 is 29.9 Å². The number of aliphatic imine (C=N–C) groups is 1. The number of nitrogens with one attached hydrogen (secondary N) is 2. The van der Waals surface area contributed by atoms with Crippen LogP contribution in [0.2, 0.25) is 0 Å². The molecule has 2 N–H and O–H groups in total. The highest BCUT2D eigenvalue weighted by Gasteiger charge is 2.58. The molecule has 2 fully saturated rings. The average molecular weight is 476 g/mol. The number of rotatable bonds is 4. The highest BCUT2D eigenvalue weighted by Crippen LogP contribution is 2.51. The number of ether oxygens (including phenoxy) is 1. The number of methoxy groups -OCH3 is 1. The second-order valence-corrected chi connectivity index (χ2v) is 7.99. The van der Waals surface area contributed by atoms with Gasteiger partial charge in [-0.2, -0.15) is 5.10 Å². The minimum atomic E-state index is -0.0682. The second kappa shape index (κ2) is 8.41. The van der Waals surface area contributed by atoms with Crippen LogP contribution in [-0.4, -0.2) is 64.4 Å². The molecule has 1 aromatic rings. The molecule has 2 aliphatic rings. The number of hydrogen-bond donors (Lipinski definition) is 2. The van der Waals surface area contributed by atoms with Crippen LogP contribution in [0.3, 0.4) is 0 Å². The van der Waals surface area contributed by atoms with Crippen molar-refractivity contribution in [2.24, 2.45) is 10.4 Å². The molecule has 1 saturated heterocycles. The zero-order valence-electron chi connectivity index (χ0n) is 16.6. The predicted octanol–water partition coefficient (Wildman–Crippen LogP) is 2.77. The maximum atomic E-state index is 5.75. The van der Waals surface area contributed by atoms with Crippen LogP contribution in [0.4, 0.5) is 0 Å². The van der Waals surface area contributed by atoms with Crippen LogP contribution in [0.5, 0.6) is 0 Å². The van der Waals surface area contributed by atoms with Crippen LogP contribution in [0.1, 0.15) is 58.7 Å². The van der Waals surface area contributed by atoms with Crippen LogP contribution in [0.25, 0.3) is 0 Å². The minimum absolute atomic E-state index is 0. The van der Waals surface area contributed by atoms with E-state index in [0.717, 1.165) is 50.7 Å². The molecule has 0 spiro atoms. The fourth-order valence-corrected chi connectivity index (χ4v) is 4.04. The third kappa shape index (κ3) is 3.85. The Balaban J connectivity index is 0.00000243. The summed E-state index contributed by atoms with van der Waals surface area (Å²) in [7, 11) is 1.81. The number of hydrogen-bond acceptors (Lipinski definition) is 4. The lowest BCUT2D eigenvalue weighted by molar-refractivity contribution is -0.177. The molecule has 148 valence electrons. The Morgan fingerprint density at radius 1 is 1.38 bits per heavy atom. The molecule has 0 radical (unpaired) electrons. The fraction of sp³-hybridized carbons (Fsp3) is 0.833. The Morgan fingerprint density at radius 2 is 2.08 bits per heavy atom. The summed E-state index contributed by atoms with van der Waals surface area (Å²) in [5.41, 5.74) is 0.00962. The van der Waals surface area contributed by atoms with Crippen LogP contribution >= 0.6 is 24.0 Å². The van der Waals surface area contributed by atoms with Crippen LogP contribution in [-0.2, 0) is 4.74 Å². The molecule has 2 unspecified atom stereocenters. The number of likely N-dealkylation sites (tertiary alicyclic amines) is 1. The molecule has 1 aromatic heterocycles. The SMILES string of the molecule is CCN=C(NC1CC(C)(OC)C1(C)C)N1CCC(c2ncn[nH]2)CC1.I. The van der Waals surface area contributed by atoms with Gasteiger partial charge in [0.2, 0.25) is 0 Å². The van der Waals surface area contributed by atoms with Crippen molar-refractivity contribution in [1.29, 1.82) is 0 Å². The molecule has 1 aliphatic carbocycles. The second-order valence-electron chi connectivity index (χ2n) is 7.99. The van der Waals surface area contributed by atoms with Gasteiger partial charge >= 0.3 is 0 Å². The van der Waals surface area contributed by atoms with Gasteiger partial charge in [0.05, 0.1) is 5.60 Å². The summed E-state index contributed by atoms with van der Waals surface area (Å²) in [6, 6.07) is 0.384. The van der Waals surface area contributed by atoms with Gasteiger partial charge in [-0.15, -0.1) is 24.0 Å². The zero-order chi connectivity index (χ0) is 18.1. The third-order valence-electron chi connectivity index (χ3n) is 6.50. The Morgan fingerprint density at radius 3 is 2.58 bits per heavy atom. The number of nitrogens with zero attached hydrogens (tertiary/aromatic N) is 4. The summed E-state index contributed by atoms with van der Waals surface area (Å²) in [6.45, 7) is 11.6. The van der Waals surface area contributed by atoms with E-state index in [2.05, 4.69) is 53.1 Å². The van der Waals surface area contributed by atoms with Gasteiger partial charge in [-0.3, -0.25) is 10.1 Å². The molecule has 7 nitrogen and oxygen atoms in total. The summed E-state index contributed by atoms with van der Waals surface area (Å²) < 4.78 is 5.75. The molecular weight excluding hydrogens is 443 g/mol. The molecule has 0 aromatic carbocycles. The first-order valence-electron chi connectivity index (χ1n) is 9.37. The maximum absolute atomic E-state index is 5.75. The largest absolute Gasteiger partial charge is 0.378 e. The van der Waals surface area contributed by atoms with Crippen molar-refractivity contribution in [3.8, 4) is 0 Å². The lowest BCUT2D eigenvalue weighted by atomic mass is 9.56. The molecule has 2 heterocycles. The van der Waals surface area contributed by atoms with Crippen molar-refractivity contribution in [3.05, 3.63) is 12.2 Å². The topological polar surface area (TPSA) is 78.4 Å². The van der Waals surface area contributed by atoms with Crippen molar-refractivity contribution in [3.63, 3.8) is 0 Å². The van der Waals surface area contributed by atoms with Gasteiger partial charge in [0, 0.05) is 44.1 Å². The van der Waals surface area contributed by atoms with Crippen molar-refractivity contribution < 1.29 is 4.74 Å². The Bertz CT molecular complexity index is 597. The highest BCUT2D eigenvalue weighted by molar-refractivity contribution is 14.0.